The molecule has 2 aromatic heterocycles. The summed E-state index contributed by atoms with van der Waals surface area (Å²) < 4.78 is 10.3. The SMILES string of the molecule is Cc1nc(C)c(COC(=O)CCCOC(=O)c2cccnc2)nc1C. The molecule has 0 spiro atoms. The van der Waals surface area contributed by atoms with Crippen LogP contribution in [0.1, 0.15) is 46.0 Å². The van der Waals surface area contributed by atoms with Gasteiger partial charge in [-0.1, -0.05) is 0 Å². The number of nitrogens with zero attached hydrogens (tertiary/aromatic N) is 3. The van der Waals surface area contributed by atoms with Crippen molar-refractivity contribution in [1.29, 1.82) is 0 Å². The van der Waals surface area contributed by atoms with E-state index in [1.54, 1.807) is 18.3 Å². The second kappa shape index (κ2) is 8.86. The minimum absolute atomic E-state index is 0.0915. The van der Waals surface area contributed by atoms with Crippen LogP contribution in [0.2, 0.25) is 0 Å². The predicted molar refractivity (Wildman–Crippen MR) is 89.8 cm³/mol. The van der Waals surface area contributed by atoms with E-state index in [0.717, 1.165) is 17.1 Å². The minimum Gasteiger partial charge on any atom is -0.462 e. The maximum absolute atomic E-state index is 11.8. The third kappa shape index (κ3) is 5.63. The van der Waals surface area contributed by atoms with Gasteiger partial charge in [0.1, 0.15) is 6.61 Å². The highest BCUT2D eigenvalue weighted by Crippen LogP contribution is 2.09. The third-order valence-electron chi connectivity index (χ3n) is 3.60. The summed E-state index contributed by atoms with van der Waals surface area (Å²) in [5, 5.41) is 0. The van der Waals surface area contributed by atoms with E-state index in [9.17, 15) is 9.59 Å². The summed E-state index contributed by atoms with van der Waals surface area (Å²) >= 11 is 0. The standard InChI is InChI=1S/C18H21N3O4/c1-12-13(2)21-16(14(3)20-12)11-25-17(22)7-5-9-24-18(23)15-6-4-8-19-10-15/h4,6,8,10H,5,7,9,11H2,1-3H3. The lowest BCUT2D eigenvalue weighted by Crippen LogP contribution is -2.11. The average molecular weight is 343 g/mol. The number of carbonyl (C=O) groups is 2. The number of hydrogen-bond acceptors (Lipinski definition) is 7. The number of rotatable bonds is 7. The fourth-order valence-corrected chi connectivity index (χ4v) is 2.07. The Balaban J connectivity index is 1.69. The molecule has 0 atom stereocenters. The van der Waals surface area contributed by atoms with E-state index >= 15 is 0 Å². The van der Waals surface area contributed by atoms with E-state index in [0.29, 0.717) is 17.7 Å². The van der Waals surface area contributed by atoms with Crippen molar-refractivity contribution >= 4 is 11.9 Å². The van der Waals surface area contributed by atoms with Gasteiger partial charge >= 0.3 is 11.9 Å². The minimum atomic E-state index is -0.456. The van der Waals surface area contributed by atoms with Crippen molar-refractivity contribution in [2.24, 2.45) is 0 Å². The Kier molecular flexibility index (Phi) is 6.56. The fourth-order valence-electron chi connectivity index (χ4n) is 2.07. The predicted octanol–water partition coefficient (Wildman–Crippen LogP) is 2.48. The molecule has 0 unspecified atom stereocenters. The summed E-state index contributed by atoms with van der Waals surface area (Å²) in [6, 6.07) is 3.28. The van der Waals surface area contributed by atoms with Gasteiger partial charge in [0.05, 0.1) is 34.9 Å². The number of ether oxygens (including phenoxy) is 2. The number of carbonyl (C=O) groups excluding carboxylic acids is 2. The van der Waals surface area contributed by atoms with Gasteiger partial charge in [0.2, 0.25) is 0 Å². The Morgan fingerprint density at radius 1 is 1.04 bits per heavy atom. The molecule has 0 aromatic carbocycles. The average Bonchev–Trinajstić information content (AvgIpc) is 2.61. The van der Waals surface area contributed by atoms with Crippen LogP contribution in [0.25, 0.3) is 0 Å². The summed E-state index contributed by atoms with van der Waals surface area (Å²) in [6.45, 7) is 5.82. The maximum Gasteiger partial charge on any atom is 0.339 e. The molecule has 7 nitrogen and oxygen atoms in total. The van der Waals surface area contributed by atoms with E-state index in [4.69, 9.17) is 9.47 Å². The first kappa shape index (κ1) is 18.5. The van der Waals surface area contributed by atoms with Crippen molar-refractivity contribution in [3.63, 3.8) is 0 Å². The summed E-state index contributed by atoms with van der Waals surface area (Å²) in [5.41, 5.74) is 3.47. The van der Waals surface area contributed by atoms with Crippen molar-refractivity contribution in [3.8, 4) is 0 Å². The zero-order chi connectivity index (χ0) is 18.2. The van der Waals surface area contributed by atoms with Crippen LogP contribution in [0.4, 0.5) is 0 Å². The van der Waals surface area contributed by atoms with Crippen LogP contribution in [0, 0.1) is 20.8 Å². The van der Waals surface area contributed by atoms with Crippen LogP contribution in [-0.2, 0) is 20.9 Å². The first-order valence-corrected chi connectivity index (χ1v) is 8.01. The van der Waals surface area contributed by atoms with Crippen LogP contribution in [-0.4, -0.2) is 33.5 Å². The molecule has 0 saturated carbocycles. The molecule has 0 fully saturated rings. The van der Waals surface area contributed by atoms with Gasteiger partial charge in [-0.2, -0.15) is 0 Å². The molecule has 0 amide bonds. The lowest BCUT2D eigenvalue weighted by atomic mass is 10.2. The number of aromatic nitrogens is 3. The zero-order valence-corrected chi connectivity index (χ0v) is 14.6. The highest BCUT2D eigenvalue weighted by molar-refractivity contribution is 5.88. The van der Waals surface area contributed by atoms with E-state index in [-0.39, 0.29) is 25.6 Å². The molecule has 0 aliphatic rings. The second-order valence-electron chi connectivity index (χ2n) is 5.57. The molecular weight excluding hydrogens is 322 g/mol. The topological polar surface area (TPSA) is 91.3 Å². The van der Waals surface area contributed by atoms with Crippen molar-refractivity contribution in [1.82, 2.24) is 15.0 Å². The van der Waals surface area contributed by atoms with Crippen molar-refractivity contribution in [2.75, 3.05) is 6.61 Å². The first-order chi connectivity index (χ1) is 12.0. The normalized spacial score (nSPS) is 10.4. The molecular formula is C18H21N3O4. The quantitative estimate of drug-likeness (QED) is 0.563. The van der Waals surface area contributed by atoms with Crippen LogP contribution < -0.4 is 0 Å². The molecule has 0 radical (unpaired) electrons. The van der Waals surface area contributed by atoms with E-state index in [2.05, 4.69) is 15.0 Å². The Morgan fingerprint density at radius 3 is 2.52 bits per heavy atom. The fraction of sp³-hybridized carbons (Fsp3) is 0.389. The van der Waals surface area contributed by atoms with Gasteiger partial charge in [-0.25, -0.2) is 4.79 Å². The van der Waals surface area contributed by atoms with Gasteiger partial charge < -0.3 is 9.47 Å². The Hall–Kier alpha value is -2.83. The highest BCUT2D eigenvalue weighted by Gasteiger charge is 2.10. The molecule has 0 aliphatic carbocycles. The summed E-state index contributed by atoms with van der Waals surface area (Å²) in [7, 11) is 0. The molecule has 0 N–H and O–H groups in total. The third-order valence-corrected chi connectivity index (χ3v) is 3.60. The largest absolute Gasteiger partial charge is 0.462 e. The molecule has 25 heavy (non-hydrogen) atoms. The Labute approximate surface area is 146 Å². The molecule has 132 valence electrons. The molecule has 2 aromatic rings. The Bertz CT molecular complexity index is 747. The van der Waals surface area contributed by atoms with Crippen molar-refractivity contribution < 1.29 is 19.1 Å². The number of hydrogen-bond donors (Lipinski definition) is 0. The number of esters is 2. The number of aryl methyl sites for hydroxylation is 3. The van der Waals surface area contributed by atoms with Gasteiger partial charge in [-0.15, -0.1) is 0 Å². The summed E-state index contributed by atoms with van der Waals surface area (Å²) in [5.74, 6) is -0.820. The van der Waals surface area contributed by atoms with Crippen LogP contribution in [0.15, 0.2) is 24.5 Å². The lowest BCUT2D eigenvalue weighted by molar-refractivity contribution is -0.145. The summed E-state index contributed by atoms with van der Waals surface area (Å²) in [4.78, 5) is 36.1. The lowest BCUT2D eigenvalue weighted by Gasteiger charge is -2.09. The van der Waals surface area contributed by atoms with Crippen molar-refractivity contribution in [2.45, 2.75) is 40.2 Å². The maximum atomic E-state index is 11.8. The van der Waals surface area contributed by atoms with Crippen molar-refractivity contribution in [3.05, 3.63) is 52.9 Å². The van der Waals surface area contributed by atoms with Gasteiger partial charge in [-0.05, 0) is 39.3 Å². The van der Waals surface area contributed by atoms with Gasteiger partial charge in [0.25, 0.3) is 0 Å². The summed E-state index contributed by atoms with van der Waals surface area (Å²) in [6.07, 6.45) is 3.57. The van der Waals surface area contributed by atoms with E-state index < -0.39 is 5.97 Å². The van der Waals surface area contributed by atoms with Gasteiger partial charge in [0.15, 0.2) is 0 Å². The molecule has 2 rings (SSSR count). The monoisotopic (exact) mass is 343 g/mol. The van der Waals surface area contributed by atoms with Gasteiger partial charge in [0, 0.05) is 18.8 Å². The molecule has 2 heterocycles. The van der Waals surface area contributed by atoms with E-state index in [1.165, 1.54) is 6.20 Å². The van der Waals surface area contributed by atoms with Gasteiger partial charge in [-0.3, -0.25) is 19.7 Å². The molecule has 0 saturated heterocycles. The highest BCUT2D eigenvalue weighted by atomic mass is 16.5. The van der Waals surface area contributed by atoms with E-state index in [1.807, 2.05) is 20.8 Å². The van der Waals surface area contributed by atoms with Crippen LogP contribution in [0.3, 0.4) is 0 Å². The Morgan fingerprint density at radius 2 is 1.80 bits per heavy atom. The van der Waals surface area contributed by atoms with Crippen LogP contribution >= 0.6 is 0 Å². The second-order valence-corrected chi connectivity index (χ2v) is 5.57. The zero-order valence-electron chi connectivity index (χ0n) is 14.6. The smallest absolute Gasteiger partial charge is 0.339 e. The number of pyridine rings is 1. The molecule has 0 bridgehead atoms. The molecule has 0 aliphatic heterocycles. The first-order valence-electron chi connectivity index (χ1n) is 8.01. The molecule has 7 heteroatoms. The van der Waals surface area contributed by atoms with Crippen LogP contribution in [0.5, 0.6) is 0 Å².